The molecule has 1 atom stereocenters. The van der Waals surface area contributed by atoms with E-state index in [0.717, 1.165) is 10.5 Å². The summed E-state index contributed by atoms with van der Waals surface area (Å²) >= 11 is 0. The second kappa shape index (κ2) is 8.58. The minimum atomic E-state index is -1.12. The third-order valence-corrected chi connectivity index (χ3v) is 5.29. The van der Waals surface area contributed by atoms with Crippen LogP contribution in [0.1, 0.15) is 18.9 Å². The highest BCUT2D eigenvalue weighted by Crippen LogP contribution is 2.34. The summed E-state index contributed by atoms with van der Waals surface area (Å²) in [5.41, 5.74) is 0.303. The number of urea groups is 2. The van der Waals surface area contributed by atoms with Crippen LogP contribution in [0.15, 0.2) is 48.5 Å². The van der Waals surface area contributed by atoms with E-state index in [1.165, 1.54) is 0 Å². The Kier molecular flexibility index (Phi) is 5.67. The van der Waals surface area contributed by atoms with Crippen molar-refractivity contribution in [3.63, 3.8) is 0 Å². The highest BCUT2D eigenvalue weighted by atomic mass is 16.7. The number of nitrogens with zero attached hydrogens (tertiary/aromatic N) is 1. The molecule has 0 aliphatic carbocycles. The second-order valence-electron chi connectivity index (χ2n) is 7.71. The van der Waals surface area contributed by atoms with Gasteiger partial charge in [-0.3, -0.25) is 19.8 Å². The Morgan fingerprint density at radius 1 is 1.09 bits per heavy atom. The first-order valence-electron chi connectivity index (χ1n) is 10.0. The van der Waals surface area contributed by atoms with Crippen molar-refractivity contribution in [2.45, 2.75) is 25.3 Å². The number of nitrogens with one attached hydrogen (secondary N) is 3. The van der Waals surface area contributed by atoms with Gasteiger partial charge in [-0.15, -0.1) is 0 Å². The summed E-state index contributed by atoms with van der Waals surface area (Å²) in [4.78, 5) is 50.4. The van der Waals surface area contributed by atoms with Crippen molar-refractivity contribution >= 4 is 29.6 Å². The standard InChI is InChI=1S/C22H22N4O6/c1-22(10-9-14-5-3-2-4-6-14)19(28)26(21(30)25-22)12-18(27)24-20(29)23-15-7-8-16-17(11-15)32-13-31-16/h2-8,11H,9-10,12-13H2,1H3,(H,25,30)(H2,23,24,27,29)/t22-/m1/s1. The summed E-state index contributed by atoms with van der Waals surface area (Å²) in [6, 6.07) is 12.9. The first kappa shape index (κ1) is 21.2. The summed E-state index contributed by atoms with van der Waals surface area (Å²) < 4.78 is 10.4. The summed E-state index contributed by atoms with van der Waals surface area (Å²) in [5.74, 6) is -0.270. The lowest BCUT2D eigenvalue weighted by Gasteiger charge is -2.21. The van der Waals surface area contributed by atoms with Gasteiger partial charge in [-0.1, -0.05) is 30.3 Å². The normalized spacial score (nSPS) is 19.0. The first-order chi connectivity index (χ1) is 15.3. The number of ether oxygens (including phenoxy) is 2. The van der Waals surface area contributed by atoms with Crippen molar-refractivity contribution in [2.24, 2.45) is 0 Å². The molecule has 2 heterocycles. The molecule has 1 saturated heterocycles. The van der Waals surface area contributed by atoms with Crippen LogP contribution in [0, 0.1) is 0 Å². The molecule has 0 spiro atoms. The third-order valence-electron chi connectivity index (χ3n) is 5.29. The van der Waals surface area contributed by atoms with Crippen molar-refractivity contribution < 1.29 is 28.7 Å². The first-order valence-corrected chi connectivity index (χ1v) is 10.0. The summed E-state index contributed by atoms with van der Waals surface area (Å²) in [7, 11) is 0. The minimum absolute atomic E-state index is 0.0969. The van der Waals surface area contributed by atoms with E-state index >= 15 is 0 Å². The van der Waals surface area contributed by atoms with Crippen LogP contribution >= 0.6 is 0 Å². The van der Waals surface area contributed by atoms with E-state index in [4.69, 9.17) is 9.47 Å². The van der Waals surface area contributed by atoms with Crippen LogP contribution in [0.4, 0.5) is 15.3 Å². The quantitative estimate of drug-likeness (QED) is 0.593. The third kappa shape index (κ3) is 4.48. The van der Waals surface area contributed by atoms with Gasteiger partial charge in [0, 0.05) is 11.8 Å². The van der Waals surface area contributed by atoms with Crippen LogP contribution in [-0.2, 0) is 16.0 Å². The number of benzene rings is 2. The van der Waals surface area contributed by atoms with Gasteiger partial charge in [-0.05, 0) is 37.5 Å². The Hall–Kier alpha value is -4.08. The number of aryl methyl sites for hydroxylation is 1. The zero-order valence-electron chi connectivity index (χ0n) is 17.3. The number of carbonyl (C=O) groups excluding carboxylic acids is 4. The summed E-state index contributed by atoms with van der Waals surface area (Å²) in [5, 5.41) is 7.26. The van der Waals surface area contributed by atoms with Crippen molar-refractivity contribution in [3.8, 4) is 11.5 Å². The zero-order chi connectivity index (χ0) is 22.7. The van der Waals surface area contributed by atoms with E-state index in [-0.39, 0.29) is 6.79 Å². The van der Waals surface area contributed by atoms with Crippen LogP contribution in [0.3, 0.4) is 0 Å². The Bertz CT molecular complexity index is 1070. The van der Waals surface area contributed by atoms with E-state index < -0.39 is 36.0 Å². The van der Waals surface area contributed by atoms with Gasteiger partial charge in [-0.25, -0.2) is 9.59 Å². The average molecular weight is 438 g/mol. The van der Waals surface area contributed by atoms with Gasteiger partial charge < -0.3 is 20.1 Å². The smallest absolute Gasteiger partial charge is 0.325 e. The molecule has 6 amide bonds. The van der Waals surface area contributed by atoms with Crippen molar-refractivity contribution in [2.75, 3.05) is 18.7 Å². The SMILES string of the molecule is C[C@]1(CCc2ccccc2)NC(=O)N(CC(=O)NC(=O)Nc2ccc3c(c2)OCO3)C1=O. The molecule has 4 rings (SSSR count). The molecule has 0 saturated carbocycles. The molecule has 32 heavy (non-hydrogen) atoms. The van der Waals surface area contributed by atoms with Gasteiger partial charge in [0.2, 0.25) is 12.7 Å². The Balaban J connectivity index is 1.31. The highest BCUT2D eigenvalue weighted by Gasteiger charge is 2.47. The molecule has 2 aromatic carbocycles. The van der Waals surface area contributed by atoms with E-state index in [1.54, 1.807) is 25.1 Å². The van der Waals surface area contributed by atoms with Gasteiger partial charge >= 0.3 is 12.1 Å². The molecule has 0 bridgehead atoms. The van der Waals surface area contributed by atoms with E-state index in [9.17, 15) is 19.2 Å². The van der Waals surface area contributed by atoms with Crippen molar-refractivity contribution in [3.05, 3.63) is 54.1 Å². The molecule has 166 valence electrons. The van der Waals surface area contributed by atoms with Crippen molar-refractivity contribution in [1.29, 1.82) is 0 Å². The monoisotopic (exact) mass is 438 g/mol. The Morgan fingerprint density at radius 2 is 1.84 bits per heavy atom. The largest absolute Gasteiger partial charge is 0.454 e. The fourth-order valence-corrected chi connectivity index (χ4v) is 3.55. The topological polar surface area (TPSA) is 126 Å². The molecular weight excluding hydrogens is 416 g/mol. The van der Waals surface area contributed by atoms with Crippen molar-refractivity contribution in [1.82, 2.24) is 15.5 Å². The highest BCUT2D eigenvalue weighted by molar-refractivity contribution is 6.10. The number of amides is 6. The molecule has 0 radical (unpaired) electrons. The fraction of sp³-hybridized carbons (Fsp3) is 0.273. The van der Waals surface area contributed by atoms with E-state index in [1.807, 2.05) is 30.3 Å². The molecule has 1 fully saturated rings. The maximum Gasteiger partial charge on any atom is 0.325 e. The molecule has 2 aromatic rings. The lowest BCUT2D eigenvalue weighted by Crippen LogP contribution is -2.46. The lowest BCUT2D eigenvalue weighted by atomic mass is 9.93. The van der Waals surface area contributed by atoms with Crippen LogP contribution in [0.5, 0.6) is 11.5 Å². The number of hydrogen-bond donors (Lipinski definition) is 3. The molecule has 0 unspecified atom stereocenters. The number of fused-ring (bicyclic) bond motifs is 1. The number of imide groups is 2. The minimum Gasteiger partial charge on any atom is -0.454 e. The molecule has 3 N–H and O–H groups in total. The molecule has 2 aliphatic heterocycles. The lowest BCUT2D eigenvalue weighted by molar-refractivity contribution is -0.134. The Morgan fingerprint density at radius 3 is 2.62 bits per heavy atom. The van der Waals surface area contributed by atoms with Gasteiger partial charge in [0.25, 0.3) is 5.91 Å². The van der Waals surface area contributed by atoms with Gasteiger partial charge in [0.05, 0.1) is 0 Å². The van der Waals surface area contributed by atoms with Crippen LogP contribution in [0.25, 0.3) is 0 Å². The van der Waals surface area contributed by atoms with Gasteiger partial charge in [0.1, 0.15) is 12.1 Å². The molecule has 10 nitrogen and oxygen atoms in total. The fourth-order valence-electron chi connectivity index (χ4n) is 3.55. The van der Waals surface area contributed by atoms with Crippen LogP contribution in [0.2, 0.25) is 0 Å². The number of carbonyl (C=O) groups is 4. The number of anilines is 1. The van der Waals surface area contributed by atoms with Gasteiger partial charge in [0.15, 0.2) is 11.5 Å². The van der Waals surface area contributed by atoms with E-state index in [0.29, 0.717) is 30.0 Å². The predicted molar refractivity (Wildman–Crippen MR) is 113 cm³/mol. The zero-order valence-corrected chi connectivity index (χ0v) is 17.3. The summed E-state index contributed by atoms with van der Waals surface area (Å²) in [6.45, 7) is 1.15. The van der Waals surface area contributed by atoms with Crippen LogP contribution in [-0.4, -0.2) is 47.7 Å². The maximum atomic E-state index is 12.8. The Labute approximate surface area is 183 Å². The second-order valence-corrected chi connectivity index (χ2v) is 7.71. The molecule has 2 aliphatic rings. The number of rotatable bonds is 6. The predicted octanol–water partition coefficient (Wildman–Crippen LogP) is 2.01. The number of hydrogen-bond acceptors (Lipinski definition) is 6. The van der Waals surface area contributed by atoms with E-state index in [2.05, 4.69) is 16.0 Å². The maximum absolute atomic E-state index is 12.8. The molecule has 0 aromatic heterocycles. The summed E-state index contributed by atoms with van der Waals surface area (Å²) in [6.07, 6.45) is 0.964. The average Bonchev–Trinajstić information content (AvgIpc) is 3.31. The van der Waals surface area contributed by atoms with Gasteiger partial charge in [-0.2, -0.15) is 0 Å². The molecular formula is C22H22N4O6. The van der Waals surface area contributed by atoms with Crippen LogP contribution < -0.4 is 25.4 Å². The molecule has 10 heteroatoms.